The van der Waals surface area contributed by atoms with Crippen molar-refractivity contribution in [2.45, 2.75) is 50.1 Å². The van der Waals surface area contributed by atoms with Gasteiger partial charge in [-0.2, -0.15) is 24.9 Å². The highest BCUT2D eigenvalue weighted by Gasteiger charge is 2.36. The van der Waals surface area contributed by atoms with Gasteiger partial charge in [0.2, 0.25) is 15.9 Å². The zero-order valence-corrected chi connectivity index (χ0v) is 18.5. The molecule has 0 heterocycles. The van der Waals surface area contributed by atoms with E-state index in [2.05, 4.69) is 5.32 Å². The van der Waals surface area contributed by atoms with Crippen LogP contribution in [0.5, 0.6) is 0 Å². The Labute approximate surface area is 178 Å². The number of carbonyl (C=O) groups excluding carboxylic acids is 1. The molecule has 1 saturated carbocycles. The third kappa shape index (κ3) is 6.68. The lowest BCUT2D eigenvalue weighted by molar-refractivity contribution is -0.137. The number of rotatable bonds is 8. The van der Waals surface area contributed by atoms with E-state index in [1.165, 1.54) is 19.8 Å². The minimum absolute atomic E-state index is 0.271. The Morgan fingerprint density at radius 3 is 2.52 bits per heavy atom. The molecule has 0 spiro atoms. The fraction of sp³-hybridized carbons (Fsp3) is 0.611. The van der Waals surface area contributed by atoms with Gasteiger partial charge in [0.15, 0.2) is 0 Å². The van der Waals surface area contributed by atoms with Gasteiger partial charge in [-0.25, -0.2) is 8.42 Å². The highest BCUT2D eigenvalue weighted by atomic mass is 35.5. The van der Waals surface area contributed by atoms with E-state index in [1.807, 2.05) is 0 Å². The molecule has 0 aromatic heterocycles. The molecule has 0 aliphatic heterocycles. The smallest absolute Gasteiger partial charge is 0.353 e. The maximum atomic E-state index is 13.1. The first-order valence-electron chi connectivity index (χ1n) is 9.16. The van der Waals surface area contributed by atoms with Gasteiger partial charge in [-0.1, -0.05) is 24.4 Å². The first-order chi connectivity index (χ1) is 13.4. The van der Waals surface area contributed by atoms with Gasteiger partial charge < -0.3 is 5.32 Å². The van der Waals surface area contributed by atoms with Gasteiger partial charge in [0.25, 0.3) is 0 Å². The van der Waals surface area contributed by atoms with Crippen LogP contribution in [0.2, 0.25) is 5.02 Å². The minimum Gasteiger partial charge on any atom is -0.353 e. The molecule has 1 N–H and O–H groups in total. The van der Waals surface area contributed by atoms with Gasteiger partial charge in [-0.05, 0) is 38.0 Å². The predicted molar refractivity (Wildman–Crippen MR) is 111 cm³/mol. The van der Waals surface area contributed by atoms with E-state index in [-0.39, 0.29) is 5.69 Å². The van der Waals surface area contributed by atoms with Crippen LogP contribution in [0.4, 0.5) is 18.9 Å². The lowest BCUT2D eigenvalue weighted by Gasteiger charge is -2.29. The van der Waals surface area contributed by atoms with Crippen molar-refractivity contribution >= 4 is 45.0 Å². The molecular formula is C18H24ClF3N2O3S2. The van der Waals surface area contributed by atoms with E-state index in [9.17, 15) is 26.4 Å². The number of nitrogens with zero attached hydrogens (tertiary/aromatic N) is 1. The van der Waals surface area contributed by atoms with E-state index in [0.29, 0.717) is 27.9 Å². The van der Waals surface area contributed by atoms with Crippen LogP contribution in [0, 0.1) is 0 Å². The molecular weight excluding hydrogens is 449 g/mol. The standard InChI is InChI=1S/C18H24ClF3N2O3S2/c1-12(17(25)23-9-10-28-14-5-3-4-6-14)24(29(2,26)27)13-7-8-16(19)15(11-13)18(20,21)22/h7-8,11-12,14H,3-6,9-10H2,1-2H3,(H,23,25)/t12-/m0/s1. The minimum atomic E-state index is -4.75. The summed E-state index contributed by atoms with van der Waals surface area (Å²) in [7, 11) is -4.02. The zero-order chi connectivity index (χ0) is 21.8. The van der Waals surface area contributed by atoms with Crippen molar-refractivity contribution < 1.29 is 26.4 Å². The lowest BCUT2D eigenvalue weighted by Crippen LogP contribution is -2.48. The molecule has 1 aliphatic rings. The van der Waals surface area contributed by atoms with Crippen LogP contribution in [0.1, 0.15) is 38.2 Å². The molecule has 1 amide bonds. The second-order valence-electron chi connectivity index (χ2n) is 6.96. The van der Waals surface area contributed by atoms with Gasteiger partial charge in [0, 0.05) is 17.5 Å². The fourth-order valence-electron chi connectivity index (χ4n) is 3.28. The molecule has 0 radical (unpaired) electrons. The summed E-state index contributed by atoms with van der Waals surface area (Å²) in [6.07, 6.45) is 0.842. The van der Waals surface area contributed by atoms with Crippen LogP contribution < -0.4 is 9.62 Å². The molecule has 5 nitrogen and oxygen atoms in total. The van der Waals surface area contributed by atoms with Crippen LogP contribution in [0.3, 0.4) is 0 Å². The van der Waals surface area contributed by atoms with Gasteiger partial charge in [0.1, 0.15) is 6.04 Å². The molecule has 1 atom stereocenters. The molecule has 1 aromatic rings. The Kier molecular flexibility index (Phi) is 8.15. The molecule has 0 saturated heterocycles. The summed E-state index contributed by atoms with van der Waals surface area (Å²) in [5.41, 5.74) is -1.43. The number of nitrogens with one attached hydrogen (secondary N) is 1. The number of anilines is 1. The molecule has 2 rings (SSSR count). The number of benzene rings is 1. The monoisotopic (exact) mass is 472 g/mol. The number of thioether (sulfide) groups is 1. The van der Waals surface area contributed by atoms with Gasteiger partial charge in [0.05, 0.1) is 22.5 Å². The zero-order valence-electron chi connectivity index (χ0n) is 16.1. The number of sulfonamides is 1. The van der Waals surface area contributed by atoms with Crippen LogP contribution in [0.15, 0.2) is 18.2 Å². The summed E-state index contributed by atoms with van der Waals surface area (Å²) in [6.45, 7) is 1.69. The Balaban J connectivity index is 2.12. The topological polar surface area (TPSA) is 66.5 Å². The van der Waals surface area contributed by atoms with E-state index in [4.69, 9.17) is 11.6 Å². The van der Waals surface area contributed by atoms with E-state index in [1.54, 1.807) is 11.8 Å². The van der Waals surface area contributed by atoms with Gasteiger partial charge in [-0.3, -0.25) is 9.10 Å². The van der Waals surface area contributed by atoms with Crippen LogP contribution in [-0.4, -0.2) is 44.2 Å². The van der Waals surface area contributed by atoms with E-state index >= 15 is 0 Å². The lowest BCUT2D eigenvalue weighted by atomic mass is 10.1. The maximum absolute atomic E-state index is 13.1. The first kappa shape index (κ1) is 24.1. The summed E-state index contributed by atoms with van der Waals surface area (Å²) >= 11 is 7.38. The van der Waals surface area contributed by atoms with Crippen molar-refractivity contribution in [3.8, 4) is 0 Å². The fourth-order valence-corrected chi connectivity index (χ4v) is 5.89. The predicted octanol–water partition coefficient (Wildman–Crippen LogP) is 4.31. The Hall–Kier alpha value is -1.13. The molecule has 1 aromatic carbocycles. The molecule has 164 valence electrons. The number of alkyl halides is 3. The number of hydrogen-bond acceptors (Lipinski definition) is 4. The Morgan fingerprint density at radius 1 is 1.34 bits per heavy atom. The van der Waals surface area contributed by atoms with Crippen molar-refractivity contribution in [3.63, 3.8) is 0 Å². The average Bonchev–Trinajstić information content (AvgIpc) is 3.11. The average molecular weight is 473 g/mol. The molecule has 1 aliphatic carbocycles. The second kappa shape index (κ2) is 9.78. The summed E-state index contributed by atoms with van der Waals surface area (Å²) in [5.74, 6) is 0.118. The highest BCUT2D eigenvalue weighted by Crippen LogP contribution is 2.37. The van der Waals surface area contributed by atoms with Crippen molar-refractivity contribution in [2.75, 3.05) is 22.9 Å². The Morgan fingerprint density at radius 2 is 1.97 bits per heavy atom. The highest BCUT2D eigenvalue weighted by molar-refractivity contribution is 7.99. The van der Waals surface area contributed by atoms with Crippen LogP contribution >= 0.6 is 23.4 Å². The maximum Gasteiger partial charge on any atom is 0.417 e. The van der Waals surface area contributed by atoms with Gasteiger partial charge in [-0.15, -0.1) is 0 Å². The number of amides is 1. The van der Waals surface area contributed by atoms with E-state index < -0.39 is 38.7 Å². The number of hydrogen-bond donors (Lipinski definition) is 1. The number of carbonyl (C=O) groups is 1. The van der Waals surface area contributed by atoms with Crippen LogP contribution in [0.25, 0.3) is 0 Å². The molecule has 0 bridgehead atoms. The van der Waals surface area contributed by atoms with Crippen molar-refractivity contribution in [2.24, 2.45) is 0 Å². The summed E-state index contributed by atoms with van der Waals surface area (Å²) < 4.78 is 64.6. The van der Waals surface area contributed by atoms with E-state index in [0.717, 1.165) is 31.2 Å². The van der Waals surface area contributed by atoms with Crippen molar-refractivity contribution in [1.29, 1.82) is 0 Å². The van der Waals surface area contributed by atoms with Crippen LogP contribution in [-0.2, 0) is 21.0 Å². The summed E-state index contributed by atoms with van der Waals surface area (Å²) in [4.78, 5) is 12.5. The SMILES string of the molecule is C[C@@H](C(=O)NCCSC1CCCC1)N(c1ccc(Cl)c(C(F)(F)F)c1)S(C)(=O)=O. The number of halogens is 4. The quantitative estimate of drug-likeness (QED) is 0.573. The van der Waals surface area contributed by atoms with Gasteiger partial charge >= 0.3 is 6.18 Å². The third-order valence-corrected chi connectivity index (χ3v) is 7.61. The van der Waals surface area contributed by atoms with Crippen molar-refractivity contribution in [3.05, 3.63) is 28.8 Å². The Bertz CT molecular complexity index is 828. The van der Waals surface area contributed by atoms with Crippen molar-refractivity contribution in [1.82, 2.24) is 5.32 Å². The summed E-state index contributed by atoms with van der Waals surface area (Å²) in [6, 6.07) is 1.55. The molecule has 11 heteroatoms. The third-order valence-electron chi connectivity index (χ3n) is 4.66. The molecule has 29 heavy (non-hydrogen) atoms. The normalized spacial score (nSPS) is 16.6. The second-order valence-corrected chi connectivity index (χ2v) is 10.6. The summed E-state index contributed by atoms with van der Waals surface area (Å²) in [5, 5.41) is 2.71. The molecule has 0 unspecified atom stereocenters. The largest absolute Gasteiger partial charge is 0.417 e. The first-order valence-corrected chi connectivity index (χ1v) is 12.4. The molecule has 1 fully saturated rings.